The molecular formula is C12H12BrN3O2. The van der Waals surface area contributed by atoms with Gasteiger partial charge in [-0.05, 0) is 34.1 Å². The topological polar surface area (TPSA) is 49.2 Å². The van der Waals surface area contributed by atoms with Gasteiger partial charge in [-0.1, -0.05) is 5.21 Å². The van der Waals surface area contributed by atoms with Crippen LogP contribution in [0.2, 0.25) is 0 Å². The third kappa shape index (κ3) is 2.02. The fourth-order valence-electron chi connectivity index (χ4n) is 1.79. The minimum absolute atomic E-state index is 0.322. The van der Waals surface area contributed by atoms with E-state index in [9.17, 15) is 0 Å². The summed E-state index contributed by atoms with van der Waals surface area (Å²) in [5.74, 6) is 0.811. The van der Waals surface area contributed by atoms with E-state index in [0.717, 1.165) is 21.5 Å². The summed E-state index contributed by atoms with van der Waals surface area (Å²) in [6, 6.07) is 6.12. The standard InChI is InChI=1S/C12H12BrN3O2/c1-17-9-2-3-10(11(13)4-9)12-5-16(15-14-12)8-6-18-7-8/h2-5,8H,6-7H2,1H3. The molecule has 5 nitrogen and oxygen atoms in total. The monoisotopic (exact) mass is 309 g/mol. The molecule has 2 heterocycles. The Morgan fingerprint density at radius 1 is 1.44 bits per heavy atom. The second-order valence-corrected chi connectivity index (χ2v) is 4.98. The summed E-state index contributed by atoms with van der Waals surface area (Å²) in [7, 11) is 1.65. The third-order valence-corrected chi connectivity index (χ3v) is 3.61. The highest BCUT2D eigenvalue weighted by atomic mass is 79.9. The molecule has 18 heavy (non-hydrogen) atoms. The zero-order valence-corrected chi connectivity index (χ0v) is 11.4. The number of rotatable bonds is 3. The maximum atomic E-state index is 5.17. The van der Waals surface area contributed by atoms with E-state index in [1.165, 1.54) is 0 Å². The van der Waals surface area contributed by atoms with Gasteiger partial charge >= 0.3 is 0 Å². The molecule has 0 spiro atoms. The molecule has 0 radical (unpaired) electrons. The second kappa shape index (κ2) is 4.70. The lowest BCUT2D eigenvalue weighted by molar-refractivity contribution is -0.0293. The van der Waals surface area contributed by atoms with Crippen molar-refractivity contribution < 1.29 is 9.47 Å². The molecule has 1 aromatic heterocycles. The summed E-state index contributed by atoms with van der Waals surface area (Å²) in [6.07, 6.45) is 1.94. The van der Waals surface area contributed by atoms with Gasteiger partial charge in [-0.15, -0.1) is 5.10 Å². The largest absolute Gasteiger partial charge is 0.497 e. The quantitative estimate of drug-likeness (QED) is 0.873. The van der Waals surface area contributed by atoms with E-state index in [1.807, 2.05) is 29.1 Å². The van der Waals surface area contributed by atoms with E-state index >= 15 is 0 Å². The summed E-state index contributed by atoms with van der Waals surface area (Å²) in [5, 5.41) is 8.33. The average Bonchev–Trinajstić information content (AvgIpc) is 2.75. The molecule has 0 bridgehead atoms. The highest BCUT2D eigenvalue weighted by molar-refractivity contribution is 9.10. The average molecular weight is 310 g/mol. The summed E-state index contributed by atoms with van der Waals surface area (Å²) in [4.78, 5) is 0. The van der Waals surface area contributed by atoms with Gasteiger partial charge in [-0.25, -0.2) is 4.68 Å². The highest BCUT2D eigenvalue weighted by Crippen LogP contribution is 2.30. The van der Waals surface area contributed by atoms with Crippen molar-refractivity contribution in [2.75, 3.05) is 20.3 Å². The molecule has 2 aromatic rings. The Balaban J connectivity index is 1.91. The number of ether oxygens (including phenoxy) is 2. The molecule has 0 atom stereocenters. The normalized spacial score (nSPS) is 15.4. The van der Waals surface area contributed by atoms with Crippen LogP contribution in [0.3, 0.4) is 0 Å². The van der Waals surface area contributed by atoms with Crippen LogP contribution >= 0.6 is 15.9 Å². The number of hydrogen-bond acceptors (Lipinski definition) is 4. The van der Waals surface area contributed by atoms with Crippen LogP contribution in [0.25, 0.3) is 11.3 Å². The van der Waals surface area contributed by atoms with Gasteiger partial charge in [0.2, 0.25) is 0 Å². The van der Waals surface area contributed by atoms with Gasteiger partial charge in [0.1, 0.15) is 17.5 Å². The van der Waals surface area contributed by atoms with Crippen LogP contribution in [0.5, 0.6) is 5.75 Å². The van der Waals surface area contributed by atoms with Crippen LogP contribution in [0.1, 0.15) is 6.04 Å². The summed E-state index contributed by atoms with van der Waals surface area (Å²) >= 11 is 3.52. The van der Waals surface area contributed by atoms with E-state index < -0.39 is 0 Å². The molecule has 0 amide bonds. The molecule has 1 aliphatic heterocycles. The summed E-state index contributed by atoms with van der Waals surface area (Å²) in [6.45, 7) is 1.43. The molecule has 0 saturated carbocycles. The van der Waals surface area contributed by atoms with Gasteiger partial charge in [-0.3, -0.25) is 0 Å². The Morgan fingerprint density at radius 3 is 2.89 bits per heavy atom. The van der Waals surface area contributed by atoms with E-state index in [1.54, 1.807) is 7.11 Å². The van der Waals surface area contributed by atoms with Crippen LogP contribution in [-0.2, 0) is 4.74 Å². The van der Waals surface area contributed by atoms with Crippen molar-refractivity contribution in [1.29, 1.82) is 0 Å². The molecular weight excluding hydrogens is 298 g/mol. The first kappa shape index (κ1) is 11.7. The Morgan fingerprint density at radius 2 is 2.28 bits per heavy atom. The number of halogens is 1. The number of benzene rings is 1. The van der Waals surface area contributed by atoms with Crippen molar-refractivity contribution in [3.05, 3.63) is 28.9 Å². The molecule has 94 valence electrons. The van der Waals surface area contributed by atoms with Crippen LogP contribution < -0.4 is 4.74 Å². The van der Waals surface area contributed by atoms with Gasteiger partial charge in [0.15, 0.2) is 0 Å². The zero-order valence-electron chi connectivity index (χ0n) is 9.84. The van der Waals surface area contributed by atoms with Crippen molar-refractivity contribution in [1.82, 2.24) is 15.0 Å². The fourth-order valence-corrected chi connectivity index (χ4v) is 2.35. The minimum Gasteiger partial charge on any atom is -0.497 e. The Hall–Kier alpha value is -1.40. The van der Waals surface area contributed by atoms with Gasteiger partial charge in [0.05, 0.1) is 26.5 Å². The van der Waals surface area contributed by atoms with Gasteiger partial charge < -0.3 is 9.47 Å². The smallest absolute Gasteiger partial charge is 0.120 e. The first-order valence-electron chi connectivity index (χ1n) is 5.61. The molecule has 1 fully saturated rings. The lowest BCUT2D eigenvalue weighted by Gasteiger charge is -2.25. The van der Waals surface area contributed by atoms with Crippen molar-refractivity contribution in [2.24, 2.45) is 0 Å². The maximum absolute atomic E-state index is 5.17. The predicted molar refractivity (Wildman–Crippen MR) is 69.6 cm³/mol. The molecule has 0 N–H and O–H groups in total. The van der Waals surface area contributed by atoms with Gasteiger partial charge in [-0.2, -0.15) is 0 Å². The van der Waals surface area contributed by atoms with Crippen LogP contribution in [0, 0.1) is 0 Å². The van der Waals surface area contributed by atoms with Crippen LogP contribution in [0.4, 0.5) is 0 Å². The van der Waals surface area contributed by atoms with Crippen molar-refractivity contribution in [2.45, 2.75) is 6.04 Å². The second-order valence-electron chi connectivity index (χ2n) is 4.12. The molecule has 3 rings (SSSR count). The number of methoxy groups -OCH3 is 1. The van der Waals surface area contributed by atoms with E-state index in [2.05, 4.69) is 26.2 Å². The SMILES string of the molecule is COc1ccc(-c2cn(C3COC3)nn2)c(Br)c1. The lowest BCUT2D eigenvalue weighted by atomic mass is 10.1. The van der Waals surface area contributed by atoms with E-state index in [4.69, 9.17) is 9.47 Å². The zero-order chi connectivity index (χ0) is 12.5. The molecule has 1 saturated heterocycles. The highest BCUT2D eigenvalue weighted by Gasteiger charge is 2.22. The first-order valence-corrected chi connectivity index (χ1v) is 6.40. The Kier molecular flexibility index (Phi) is 3.05. The minimum atomic E-state index is 0.322. The fraction of sp³-hybridized carbons (Fsp3) is 0.333. The van der Waals surface area contributed by atoms with Gasteiger partial charge in [0, 0.05) is 10.0 Å². The van der Waals surface area contributed by atoms with Crippen molar-refractivity contribution in [3.8, 4) is 17.0 Å². The molecule has 0 aliphatic carbocycles. The number of aromatic nitrogens is 3. The van der Waals surface area contributed by atoms with E-state index in [0.29, 0.717) is 19.3 Å². The number of hydrogen-bond donors (Lipinski definition) is 0. The lowest BCUT2D eigenvalue weighted by Crippen LogP contribution is -2.30. The Labute approximate surface area is 113 Å². The molecule has 6 heteroatoms. The molecule has 1 aromatic carbocycles. The molecule has 1 aliphatic rings. The summed E-state index contributed by atoms with van der Waals surface area (Å²) in [5.41, 5.74) is 1.85. The first-order chi connectivity index (χ1) is 8.78. The number of nitrogens with zero attached hydrogens (tertiary/aromatic N) is 3. The maximum Gasteiger partial charge on any atom is 0.120 e. The van der Waals surface area contributed by atoms with Crippen LogP contribution in [0.15, 0.2) is 28.9 Å². The van der Waals surface area contributed by atoms with Gasteiger partial charge in [0.25, 0.3) is 0 Å². The molecule has 0 unspecified atom stereocenters. The Bertz CT molecular complexity index is 566. The van der Waals surface area contributed by atoms with Crippen LogP contribution in [-0.4, -0.2) is 35.3 Å². The van der Waals surface area contributed by atoms with Crippen molar-refractivity contribution in [3.63, 3.8) is 0 Å². The predicted octanol–water partition coefficient (Wildman–Crippen LogP) is 2.29. The summed E-state index contributed by atoms with van der Waals surface area (Å²) < 4.78 is 13.1. The third-order valence-electron chi connectivity index (χ3n) is 2.96. The van der Waals surface area contributed by atoms with Crippen molar-refractivity contribution >= 4 is 15.9 Å². The van der Waals surface area contributed by atoms with E-state index in [-0.39, 0.29) is 0 Å².